The number of piperazine rings is 4. The molecular formula is C108H135BrN28O6. The fourth-order valence-corrected chi connectivity index (χ4v) is 18.3. The third-order valence-electron chi connectivity index (χ3n) is 25.9. The predicted octanol–water partition coefficient (Wildman–Crippen LogP) is 13.6. The maximum atomic E-state index is 12.8. The monoisotopic (exact) mass is 2000 g/mol. The topological polar surface area (TPSA) is 481 Å². The van der Waals surface area contributed by atoms with E-state index in [2.05, 4.69) is 209 Å². The Bertz CT molecular complexity index is 6380. The molecule has 12 aromatic rings. The molecule has 18 rings (SSSR count). The fraction of sp³-hybridized carbons (Fsp3) is 0.389. The fourth-order valence-electron chi connectivity index (χ4n) is 17.9. The number of nitrogens with zero attached hydrogens (tertiary/aromatic N) is 18. The standard InChI is InChI=1S/C19H24BrN5O.C19H25N5O.C18H23N5O.C18H22N4O.C17H21N5O.C17H20N4O/c1-12(2)8-14-11-25(7-6-22-14)17-5-3-4-16(24-17)18(26)15-9-13(20)10-23-19(15)21;1-19(2,3)15-12-24(11-10-21-15)16-8-4-7-14(23-16)17(25)13-6-5-9-22-18(13)20;1-12(2)15-11-23(10-9-20-15)16-7-3-6-14(22-16)17(24)13-5-4-8-21-18(13)19;1-12-8-9-13(2)22(11-12)16-7-3-6-15(21-16)17(23)14-5-4-10-20-18(14)19;1-17(2)11-22(10-9-20-17)14-7-3-6-13(21-14)15(23)12-5-4-8-19-16(12)18;1-12-5-4-10-21(11-12)15-8-2-7-14(20-15)16(22)13-6-3-9-19-17(13)18/h3-5,9-10,12,14,22H,6-8,11H2,1-2H3,(H2,21,23);4-9,15,21H,10-12H2,1-3H3,(H2,20,22);3-8,12,15,20H,9-11H2,1-2H3,(H2,19,21);3-7,10,12-13H,8-9,11H2,1-2H3,(H2,19,20);3-8,20H,9-11H2,1-2H3,(H2,18,19);2-3,6-9,12H,4-5,10-11H2,1H3,(H2,18,19)/t14-;2*15-;12-,13+;;12-/m0101.1/s1. The number of nitrogen functional groups attached to an aromatic ring is 6. The lowest BCUT2D eigenvalue weighted by Crippen LogP contribution is -2.57. The molecule has 0 aliphatic carbocycles. The number of carbonyl (C=O) groups excluding carboxylic acids is 6. The average Bonchev–Trinajstić information content (AvgIpc) is 0.853. The zero-order valence-electron chi connectivity index (χ0n) is 83.8. The largest absolute Gasteiger partial charge is 0.383 e. The van der Waals surface area contributed by atoms with Crippen molar-refractivity contribution in [2.45, 2.75) is 145 Å². The smallest absolute Gasteiger partial charge is 0.215 e. The zero-order valence-corrected chi connectivity index (χ0v) is 85.4. The minimum atomic E-state index is -0.216. The molecule has 16 N–H and O–H groups in total. The van der Waals surface area contributed by atoms with Crippen LogP contribution in [-0.4, -0.2) is 222 Å². The van der Waals surface area contributed by atoms with Gasteiger partial charge in [-0.1, -0.05) is 98.7 Å². The van der Waals surface area contributed by atoms with Crippen molar-refractivity contribution in [2.75, 3.05) is 162 Å². The van der Waals surface area contributed by atoms with Crippen LogP contribution in [0.4, 0.5) is 69.8 Å². The highest BCUT2D eigenvalue weighted by Gasteiger charge is 2.34. The van der Waals surface area contributed by atoms with Gasteiger partial charge in [-0.2, -0.15) is 0 Å². The molecule has 0 bridgehead atoms. The van der Waals surface area contributed by atoms with Crippen molar-refractivity contribution in [1.29, 1.82) is 0 Å². The molecule has 0 radical (unpaired) electrons. The van der Waals surface area contributed by atoms with Crippen LogP contribution in [0.15, 0.2) is 218 Å². The first-order valence-corrected chi connectivity index (χ1v) is 49.8. The van der Waals surface area contributed by atoms with Crippen LogP contribution in [0.2, 0.25) is 0 Å². The first-order chi connectivity index (χ1) is 68.5. The third-order valence-corrected chi connectivity index (χ3v) is 26.3. The summed E-state index contributed by atoms with van der Waals surface area (Å²) in [4.78, 5) is 141. The molecule has 0 spiro atoms. The molecule has 143 heavy (non-hydrogen) atoms. The second kappa shape index (κ2) is 49.4. The van der Waals surface area contributed by atoms with Crippen LogP contribution in [-0.2, 0) is 0 Å². The van der Waals surface area contributed by atoms with Gasteiger partial charge in [0.05, 0.1) is 33.4 Å². The summed E-state index contributed by atoms with van der Waals surface area (Å²) in [5, 5.41) is 14.1. The first kappa shape index (κ1) is 106. The normalized spacial score (nSPS) is 18.3. The van der Waals surface area contributed by atoms with Gasteiger partial charge in [-0.15, -0.1) is 0 Å². The summed E-state index contributed by atoms with van der Waals surface area (Å²) in [6.45, 7) is 40.1. The summed E-state index contributed by atoms with van der Waals surface area (Å²) in [5.41, 5.74) is 39.8. The molecule has 0 saturated carbocycles. The maximum Gasteiger partial charge on any atom is 0.215 e. The van der Waals surface area contributed by atoms with Gasteiger partial charge in [0.2, 0.25) is 34.7 Å². The number of anilines is 12. The van der Waals surface area contributed by atoms with Gasteiger partial charge in [0.25, 0.3) is 0 Å². The third kappa shape index (κ3) is 28.8. The van der Waals surface area contributed by atoms with Gasteiger partial charge in [0, 0.05) is 170 Å². The number of nitrogens with one attached hydrogen (secondary N) is 4. The van der Waals surface area contributed by atoms with E-state index >= 15 is 0 Å². The van der Waals surface area contributed by atoms with Crippen LogP contribution < -0.4 is 85.1 Å². The Morgan fingerprint density at radius 2 is 0.741 bits per heavy atom. The Morgan fingerprint density at radius 3 is 1.13 bits per heavy atom. The highest BCUT2D eigenvalue weighted by molar-refractivity contribution is 9.10. The Labute approximate surface area is 846 Å². The molecule has 6 aliphatic rings. The molecule has 35 heteroatoms. The van der Waals surface area contributed by atoms with Crippen molar-refractivity contribution in [3.8, 4) is 0 Å². The maximum absolute atomic E-state index is 12.8. The molecule has 750 valence electrons. The van der Waals surface area contributed by atoms with E-state index in [9.17, 15) is 28.8 Å². The number of hydrogen-bond donors (Lipinski definition) is 10. The molecule has 0 unspecified atom stereocenters. The van der Waals surface area contributed by atoms with Crippen LogP contribution in [0, 0.1) is 29.1 Å². The van der Waals surface area contributed by atoms with E-state index in [-0.39, 0.29) is 80.6 Å². The van der Waals surface area contributed by atoms with Gasteiger partial charge in [-0.3, -0.25) is 28.8 Å². The lowest BCUT2D eigenvalue weighted by Gasteiger charge is -2.41. The number of nitrogens with two attached hydrogens (primary N) is 6. The number of hydrogen-bond acceptors (Lipinski definition) is 34. The summed E-state index contributed by atoms with van der Waals surface area (Å²) in [6, 6.07) is 53.6. The number of aromatic nitrogens is 12. The number of piperidine rings is 2. The second-order valence-electron chi connectivity index (χ2n) is 39.4. The number of rotatable bonds is 21. The molecule has 0 aromatic carbocycles. The van der Waals surface area contributed by atoms with Crippen molar-refractivity contribution >= 4 is 120 Å². The van der Waals surface area contributed by atoms with E-state index in [0.717, 1.165) is 152 Å². The second-order valence-corrected chi connectivity index (χ2v) is 40.3. The lowest BCUT2D eigenvalue weighted by atomic mass is 9.85. The zero-order chi connectivity index (χ0) is 102. The van der Waals surface area contributed by atoms with Crippen molar-refractivity contribution < 1.29 is 28.8 Å². The number of halogens is 1. The Morgan fingerprint density at radius 1 is 0.392 bits per heavy atom. The molecular weight excluding hydrogens is 1870 g/mol. The minimum Gasteiger partial charge on any atom is -0.383 e. The van der Waals surface area contributed by atoms with Gasteiger partial charge in [-0.25, -0.2) is 59.8 Å². The lowest BCUT2D eigenvalue weighted by molar-refractivity contribution is 0.102. The van der Waals surface area contributed by atoms with Gasteiger partial charge >= 0.3 is 0 Å². The highest BCUT2D eigenvalue weighted by atomic mass is 79.9. The molecule has 6 aliphatic heterocycles. The van der Waals surface area contributed by atoms with E-state index < -0.39 is 0 Å². The van der Waals surface area contributed by atoms with Gasteiger partial charge in [-0.05, 0) is 237 Å². The van der Waals surface area contributed by atoms with E-state index in [4.69, 9.17) is 34.4 Å². The summed E-state index contributed by atoms with van der Waals surface area (Å²) in [5.74, 6) is 7.70. The summed E-state index contributed by atoms with van der Waals surface area (Å²) in [7, 11) is 0. The molecule has 18 heterocycles. The van der Waals surface area contributed by atoms with Crippen molar-refractivity contribution in [3.05, 3.63) is 285 Å². The first-order valence-electron chi connectivity index (χ1n) is 49.0. The van der Waals surface area contributed by atoms with Crippen LogP contribution >= 0.6 is 15.9 Å². The summed E-state index contributed by atoms with van der Waals surface area (Å²) >= 11 is 3.33. The predicted molar refractivity (Wildman–Crippen MR) is 571 cm³/mol. The quantitative estimate of drug-likeness (QED) is 0.0299. The minimum absolute atomic E-state index is 0.0215. The Hall–Kier alpha value is -14.3. The number of carbonyl (C=O) groups is 6. The van der Waals surface area contributed by atoms with Crippen LogP contribution in [0.5, 0.6) is 0 Å². The van der Waals surface area contributed by atoms with E-state index in [1.54, 1.807) is 140 Å². The molecule has 6 saturated heterocycles. The van der Waals surface area contributed by atoms with E-state index in [1.165, 1.54) is 12.8 Å². The van der Waals surface area contributed by atoms with Gasteiger partial charge in [0.1, 0.15) is 104 Å². The summed E-state index contributed by atoms with van der Waals surface area (Å²) in [6.07, 6.45) is 15.4. The van der Waals surface area contributed by atoms with Crippen molar-refractivity contribution in [2.24, 2.45) is 29.1 Å². The molecule has 6 fully saturated rings. The molecule has 6 atom stereocenters. The van der Waals surface area contributed by atoms with Crippen LogP contribution in [0.3, 0.4) is 0 Å². The van der Waals surface area contributed by atoms with E-state index in [0.29, 0.717) is 120 Å². The number of pyridine rings is 12. The van der Waals surface area contributed by atoms with Crippen LogP contribution in [0.25, 0.3) is 0 Å². The Kier molecular flexibility index (Phi) is 36.7. The number of ketones is 6. The Balaban J connectivity index is 0.000000144. The van der Waals surface area contributed by atoms with Gasteiger partial charge < -0.3 is 85.1 Å². The molecule has 34 nitrogen and oxygen atoms in total. The molecule has 0 amide bonds. The molecule has 12 aromatic heterocycles. The van der Waals surface area contributed by atoms with Crippen molar-refractivity contribution in [3.63, 3.8) is 0 Å². The van der Waals surface area contributed by atoms with E-state index in [1.807, 2.05) is 72.8 Å². The summed E-state index contributed by atoms with van der Waals surface area (Å²) < 4.78 is 0.713. The average molecular weight is 2000 g/mol. The van der Waals surface area contributed by atoms with Gasteiger partial charge in [0.15, 0.2) is 0 Å². The van der Waals surface area contributed by atoms with Crippen LogP contribution in [0.1, 0.15) is 212 Å². The SMILES string of the molecule is CC(C)(C)[C@H]1CN(c2cccc(C(=O)c3cccnc3N)n2)CCN1.CC(C)C[C@H]1CN(c2cccc(C(=O)c3cc(Br)cnc3N)n2)CCN1.CC(C)[C@@H]1CN(c2cccc(C(=O)c3cccnc3N)n2)CCN1.CC1(C)CN(c2cccc(C(=O)c3cccnc3N)n2)CCN1.C[C@@H]1CCCN(c2cccc(C(=O)c3cccnc3N)n2)C1.C[C@@H]1CC[C@H](C)N(c2cccc(C(=O)c3cccnc3N)n2)C1. The highest BCUT2D eigenvalue weighted by Crippen LogP contribution is 2.32. The van der Waals surface area contributed by atoms with Crippen molar-refractivity contribution in [1.82, 2.24) is 81.1 Å².